The lowest BCUT2D eigenvalue weighted by Gasteiger charge is -2.06. The van der Waals surface area contributed by atoms with Gasteiger partial charge >= 0.3 is 5.76 Å². The predicted octanol–water partition coefficient (Wildman–Crippen LogP) is 3.17. The molecule has 0 aliphatic carbocycles. The molecule has 3 aromatic heterocycles. The van der Waals surface area contributed by atoms with Crippen LogP contribution in [0.15, 0.2) is 68.3 Å². The monoisotopic (exact) mass is 461 g/mol. The van der Waals surface area contributed by atoms with Crippen LogP contribution in [0, 0.1) is 5.82 Å². The van der Waals surface area contributed by atoms with Crippen molar-refractivity contribution in [3.05, 3.63) is 76.1 Å². The van der Waals surface area contributed by atoms with Gasteiger partial charge in [0.2, 0.25) is 0 Å². The molecule has 160 valence electrons. The number of ketones is 1. The van der Waals surface area contributed by atoms with E-state index in [9.17, 15) is 22.4 Å². The first-order chi connectivity index (χ1) is 14.7. The highest BCUT2D eigenvalue weighted by atomic mass is 32.2. The van der Waals surface area contributed by atoms with Gasteiger partial charge in [-0.2, -0.15) is 4.68 Å². The van der Waals surface area contributed by atoms with Crippen molar-refractivity contribution in [1.29, 1.82) is 0 Å². The molecule has 0 unspecified atom stereocenters. The summed E-state index contributed by atoms with van der Waals surface area (Å²) in [4.78, 5) is 25.0. The highest BCUT2D eigenvalue weighted by Crippen LogP contribution is 2.37. The summed E-state index contributed by atoms with van der Waals surface area (Å²) in [5.74, 6) is -1.53. The van der Waals surface area contributed by atoms with Crippen molar-refractivity contribution in [1.82, 2.24) is 14.3 Å². The summed E-state index contributed by atoms with van der Waals surface area (Å²) in [7, 11) is -3.54. The van der Waals surface area contributed by atoms with Gasteiger partial charge in [0, 0.05) is 36.0 Å². The van der Waals surface area contributed by atoms with Crippen LogP contribution in [0.1, 0.15) is 16.8 Å². The number of carbonyl (C=O) groups is 1. The van der Waals surface area contributed by atoms with Crippen molar-refractivity contribution in [2.45, 2.75) is 17.9 Å². The van der Waals surface area contributed by atoms with E-state index in [-0.39, 0.29) is 29.5 Å². The van der Waals surface area contributed by atoms with Gasteiger partial charge in [0.1, 0.15) is 15.6 Å². The van der Waals surface area contributed by atoms with Crippen LogP contribution in [0.25, 0.3) is 16.5 Å². The summed E-state index contributed by atoms with van der Waals surface area (Å²) in [6, 6.07) is 8.60. The Morgan fingerprint density at radius 3 is 2.52 bits per heavy atom. The van der Waals surface area contributed by atoms with Crippen LogP contribution in [0.5, 0.6) is 0 Å². The van der Waals surface area contributed by atoms with Crippen molar-refractivity contribution in [3.8, 4) is 16.5 Å². The first-order valence-electron chi connectivity index (χ1n) is 9.06. The number of thiophene rings is 1. The molecule has 0 atom stereocenters. The third-order valence-corrected chi connectivity index (χ3v) is 6.73. The largest absolute Gasteiger partial charge is 0.437 e. The Labute approximate surface area is 180 Å². The summed E-state index contributed by atoms with van der Waals surface area (Å²) < 4.78 is 45.3. The molecule has 0 saturated carbocycles. The van der Waals surface area contributed by atoms with E-state index in [1.807, 2.05) is 0 Å². The number of hydrogen-bond acceptors (Lipinski definition) is 7. The molecule has 0 amide bonds. The fraction of sp³-hybridized carbons (Fsp3) is 0.150. The number of benzene rings is 1. The molecule has 8 nitrogen and oxygen atoms in total. The Balaban J connectivity index is 1.64. The Bertz CT molecular complexity index is 1400. The van der Waals surface area contributed by atoms with E-state index in [0.29, 0.717) is 16.1 Å². The maximum Gasteiger partial charge on any atom is 0.437 e. The lowest BCUT2D eigenvalue weighted by atomic mass is 10.1. The summed E-state index contributed by atoms with van der Waals surface area (Å²) in [5.41, 5.74) is 0.664. The average molecular weight is 461 g/mol. The highest BCUT2D eigenvalue weighted by molar-refractivity contribution is 7.91. The Morgan fingerprint density at radius 2 is 1.87 bits per heavy atom. The molecule has 4 rings (SSSR count). The smallest absolute Gasteiger partial charge is 0.387 e. The molecular weight excluding hydrogens is 445 g/mol. The minimum atomic E-state index is -3.54. The number of rotatable bonds is 7. The van der Waals surface area contributed by atoms with E-state index in [1.54, 1.807) is 29.1 Å². The molecule has 31 heavy (non-hydrogen) atoms. The second kappa shape index (κ2) is 8.08. The number of sulfone groups is 1. The molecule has 11 heteroatoms. The standard InChI is InChI=1S/C20H16FN3O5S2/c1-31(27,28)16-12-30-18(17(16)23-9-2-3-10-23)19-22-24(20(26)29-19)11-8-15(25)13-4-6-14(21)7-5-13/h2-7,9-10,12H,8,11H2,1H3. The molecule has 0 saturated heterocycles. The third-order valence-electron chi connectivity index (χ3n) is 4.51. The lowest BCUT2D eigenvalue weighted by Crippen LogP contribution is -2.18. The second-order valence-electron chi connectivity index (χ2n) is 6.72. The van der Waals surface area contributed by atoms with Crippen LogP contribution in [-0.4, -0.2) is 34.8 Å². The molecule has 0 N–H and O–H groups in total. The molecule has 0 spiro atoms. The summed E-state index contributed by atoms with van der Waals surface area (Å²) >= 11 is 1.09. The Hall–Kier alpha value is -3.31. The van der Waals surface area contributed by atoms with Crippen molar-refractivity contribution in [2.75, 3.05) is 6.26 Å². The van der Waals surface area contributed by atoms with E-state index in [4.69, 9.17) is 4.42 Å². The Morgan fingerprint density at radius 1 is 1.19 bits per heavy atom. The Kier molecular flexibility index (Phi) is 5.46. The maximum atomic E-state index is 13.0. The summed E-state index contributed by atoms with van der Waals surface area (Å²) in [5, 5.41) is 5.62. The molecule has 0 aliphatic heterocycles. The zero-order valence-corrected chi connectivity index (χ0v) is 17.8. The van der Waals surface area contributed by atoms with Gasteiger partial charge < -0.3 is 8.98 Å². The van der Waals surface area contributed by atoms with Gasteiger partial charge in [-0.05, 0) is 36.4 Å². The van der Waals surface area contributed by atoms with E-state index in [1.165, 1.54) is 29.6 Å². The average Bonchev–Trinajstić information content (AvgIpc) is 3.45. The number of Topliss-reactive ketones (excluding diaryl/α,β-unsaturated/α-hetero) is 1. The van der Waals surface area contributed by atoms with Crippen LogP contribution >= 0.6 is 11.3 Å². The van der Waals surface area contributed by atoms with Gasteiger partial charge in [-0.1, -0.05) is 0 Å². The first kappa shape index (κ1) is 20.9. The fourth-order valence-electron chi connectivity index (χ4n) is 3.01. The van der Waals surface area contributed by atoms with Crippen molar-refractivity contribution < 1.29 is 22.0 Å². The number of nitrogens with zero attached hydrogens (tertiary/aromatic N) is 3. The quantitative estimate of drug-likeness (QED) is 0.392. The number of hydrogen-bond donors (Lipinski definition) is 0. The van der Waals surface area contributed by atoms with Crippen LogP contribution in [-0.2, 0) is 16.4 Å². The van der Waals surface area contributed by atoms with Crippen molar-refractivity contribution in [2.24, 2.45) is 0 Å². The second-order valence-corrected chi connectivity index (χ2v) is 9.58. The van der Waals surface area contributed by atoms with Gasteiger partial charge in [-0.3, -0.25) is 4.79 Å². The summed E-state index contributed by atoms with van der Waals surface area (Å²) in [6.07, 6.45) is 4.41. The SMILES string of the molecule is CS(=O)(=O)c1csc(-c2nn(CCC(=O)c3ccc(F)cc3)c(=O)o2)c1-n1cccc1. The maximum absolute atomic E-state index is 13.0. The molecule has 3 heterocycles. The zero-order chi connectivity index (χ0) is 22.2. The van der Waals surface area contributed by atoms with Crippen LogP contribution in [0.4, 0.5) is 4.39 Å². The molecular formula is C20H16FN3O5S2. The van der Waals surface area contributed by atoms with Crippen molar-refractivity contribution >= 4 is 27.0 Å². The van der Waals surface area contributed by atoms with Crippen LogP contribution < -0.4 is 5.76 Å². The van der Waals surface area contributed by atoms with E-state index < -0.39 is 21.4 Å². The molecule has 0 bridgehead atoms. The highest BCUT2D eigenvalue weighted by Gasteiger charge is 2.25. The fourth-order valence-corrected chi connectivity index (χ4v) is 5.32. The first-order valence-corrected chi connectivity index (χ1v) is 11.8. The van der Waals surface area contributed by atoms with Gasteiger partial charge in [-0.25, -0.2) is 17.6 Å². The zero-order valence-electron chi connectivity index (χ0n) is 16.2. The van der Waals surface area contributed by atoms with Crippen LogP contribution in [0.2, 0.25) is 0 Å². The molecule has 0 radical (unpaired) electrons. The van der Waals surface area contributed by atoms with Gasteiger partial charge in [-0.15, -0.1) is 16.4 Å². The van der Waals surface area contributed by atoms with E-state index in [0.717, 1.165) is 22.3 Å². The molecule has 4 aromatic rings. The predicted molar refractivity (Wildman–Crippen MR) is 112 cm³/mol. The molecule has 1 aromatic carbocycles. The number of aromatic nitrogens is 3. The van der Waals surface area contributed by atoms with Gasteiger partial charge in [0.15, 0.2) is 15.6 Å². The molecule has 0 fully saturated rings. The number of carbonyl (C=O) groups excluding carboxylic acids is 1. The number of aryl methyl sites for hydroxylation is 1. The molecule has 0 aliphatic rings. The summed E-state index contributed by atoms with van der Waals surface area (Å²) in [6.45, 7) is -0.0400. The van der Waals surface area contributed by atoms with E-state index >= 15 is 0 Å². The van der Waals surface area contributed by atoms with E-state index in [2.05, 4.69) is 5.10 Å². The van der Waals surface area contributed by atoms with Gasteiger partial charge in [0.05, 0.1) is 12.2 Å². The van der Waals surface area contributed by atoms with Crippen molar-refractivity contribution in [3.63, 3.8) is 0 Å². The lowest BCUT2D eigenvalue weighted by molar-refractivity contribution is 0.0975. The minimum absolute atomic E-state index is 0.0390. The topological polar surface area (TPSA) is 104 Å². The third kappa shape index (κ3) is 4.28. The minimum Gasteiger partial charge on any atom is -0.387 e. The number of halogens is 1. The van der Waals surface area contributed by atoms with Crippen LogP contribution in [0.3, 0.4) is 0 Å². The van der Waals surface area contributed by atoms with Gasteiger partial charge in [0.25, 0.3) is 5.89 Å². The normalized spacial score (nSPS) is 11.7.